The van der Waals surface area contributed by atoms with E-state index in [-0.39, 0.29) is 42.7 Å². The monoisotopic (exact) mass is 379 g/mol. The molecule has 2 saturated heterocycles. The topological polar surface area (TPSA) is 96.0 Å². The standard InChI is InChI=1S/C19H29N3O5/c1-3-27-16(24)14-8-6-10-21(11-14)15(23)12-22-17(25)19(20-18(22)26)9-5-4-7-13(19)2/h13-14H,3-12H2,1-2H3,(H,20,26). The predicted molar refractivity (Wildman–Crippen MR) is 96.5 cm³/mol. The van der Waals surface area contributed by atoms with Gasteiger partial charge in [0.2, 0.25) is 5.91 Å². The molecule has 3 atom stereocenters. The lowest BCUT2D eigenvalue weighted by Crippen LogP contribution is -2.54. The normalized spacial score (nSPS) is 31.2. The first-order chi connectivity index (χ1) is 12.9. The molecule has 27 heavy (non-hydrogen) atoms. The smallest absolute Gasteiger partial charge is 0.325 e. The Bertz CT molecular complexity index is 637. The first-order valence-corrected chi connectivity index (χ1v) is 9.97. The first kappa shape index (κ1) is 19.6. The molecule has 8 heteroatoms. The number of piperidine rings is 1. The number of urea groups is 1. The molecule has 150 valence electrons. The summed E-state index contributed by atoms with van der Waals surface area (Å²) in [6, 6.07) is -0.485. The van der Waals surface area contributed by atoms with Gasteiger partial charge in [-0.1, -0.05) is 19.8 Å². The van der Waals surface area contributed by atoms with E-state index in [1.165, 1.54) is 0 Å². The molecule has 0 aromatic rings. The Morgan fingerprint density at radius 1 is 1.22 bits per heavy atom. The molecule has 0 aromatic carbocycles. The van der Waals surface area contributed by atoms with E-state index in [9.17, 15) is 19.2 Å². The van der Waals surface area contributed by atoms with E-state index in [1.54, 1.807) is 11.8 Å². The zero-order valence-electron chi connectivity index (χ0n) is 16.2. The van der Waals surface area contributed by atoms with Crippen molar-refractivity contribution in [1.29, 1.82) is 0 Å². The first-order valence-electron chi connectivity index (χ1n) is 9.97. The Morgan fingerprint density at radius 2 is 2.00 bits per heavy atom. The van der Waals surface area contributed by atoms with Gasteiger partial charge in [-0.3, -0.25) is 19.3 Å². The minimum Gasteiger partial charge on any atom is -0.466 e. The summed E-state index contributed by atoms with van der Waals surface area (Å²) in [6.45, 7) is 4.59. The van der Waals surface area contributed by atoms with Crippen molar-refractivity contribution in [2.24, 2.45) is 11.8 Å². The molecule has 3 fully saturated rings. The molecule has 0 bridgehead atoms. The van der Waals surface area contributed by atoms with Gasteiger partial charge < -0.3 is 15.0 Å². The van der Waals surface area contributed by atoms with E-state index >= 15 is 0 Å². The number of amides is 4. The van der Waals surface area contributed by atoms with Gasteiger partial charge in [0.15, 0.2) is 0 Å². The molecular weight excluding hydrogens is 350 g/mol. The van der Waals surface area contributed by atoms with Crippen molar-refractivity contribution in [3.8, 4) is 0 Å². The molecule has 3 unspecified atom stereocenters. The van der Waals surface area contributed by atoms with Crippen molar-refractivity contribution >= 4 is 23.8 Å². The fraction of sp³-hybridized carbons (Fsp3) is 0.789. The molecule has 2 heterocycles. The molecule has 3 rings (SSSR count). The second-order valence-corrected chi connectivity index (χ2v) is 7.87. The van der Waals surface area contributed by atoms with E-state index < -0.39 is 11.6 Å². The highest BCUT2D eigenvalue weighted by molar-refractivity contribution is 6.09. The van der Waals surface area contributed by atoms with Crippen molar-refractivity contribution in [1.82, 2.24) is 15.1 Å². The van der Waals surface area contributed by atoms with Crippen molar-refractivity contribution in [2.45, 2.75) is 57.9 Å². The van der Waals surface area contributed by atoms with Crippen LogP contribution in [-0.4, -0.2) is 65.4 Å². The summed E-state index contributed by atoms with van der Waals surface area (Å²) >= 11 is 0. The quantitative estimate of drug-likeness (QED) is 0.586. The maximum Gasteiger partial charge on any atom is 0.325 e. The maximum absolute atomic E-state index is 13.0. The van der Waals surface area contributed by atoms with Crippen LogP contribution in [0.2, 0.25) is 0 Å². The van der Waals surface area contributed by atoms with Crippen LogP contribution < -0.4 is 5.32 Å². The van der Waals surface area contributed by atoms with Gasteiger partial charge in [0.05, 0.1) is 12.5 Å². The molecule has 1 spiro atoms. The van der Waals surface area contributed by atoms with Gasteiger partial charge in [0.25, 0.3) is 5.91 Å². The van der Waals surface area contributed by atoms with Crippen LogP contribution in [0.4, 0.5) is 4.79 Å². The third-order valence-corrected chi connectivity index (χ3v) is 6.19. The minimum absolute atomic E-state index is 0.0611. The number of hydrogen-bond donors (Lipinski definition) is 1. The van der Waals surface area contributed by atoms with E-state index in [0.29, 0.717) is 32.4 Å². The predicted octanol–water partition coefficient (Wildman–Crippen LogP) is 1.29. The SMILES string of the molecule is CCOC(=O)C1CCCN(C(=O)CN2C(=O)NC3(CCCCC3C)C2=O)C1. The highest BCUT2D eigenvalue weighted by Crippen LogP contribution is 2.38. The summed E-state index contributed by atoms with van der Waals surface area (Å²) in [5.74, 6) is -1.15. The Hall–Kier alpha value is -2.12. The second kappa shape index (κ2) is 7.86. The highest BCUT2D eigenvalue weighted by Gasteiger charge is 2.55. The van der Waals surface area contributed by atoms with Gasteiger partial charge in [0.1, 0.15) is 12.1 Å². The Morgan fingerprint density at radius 3 is 2.70 bits per heavy atom. The Labute approximate surface area is 159 Å². The molecule has 1 saturated carbocycles. The van der Waals surface area contributed by atoms with Crippen LogP contribution in [0.3, 0.4) is 0 Å². The molecule has 0 radical (unpaired) electrons. The number of nitrogens with zero attached hydrogens (tertiary/aromatic N) is 2. The molecule has 4 amide bonds. The number of carbonyl (C=O) groups is 4. The third-order valence-electron chi connectivity index (χ3n) is 6.19. The van der Waals surface area contributed by atoms with Gasteiger partial charge >= 0.3 is 12.0 Å². The molecule has 1 aliphatic carbocycles. The van der Waals surface area contributed by atoms with Gasteiger partial charge in [-0.05, 0) is 38.5 Å². The average molecular weight is 379 g/mol. The minimum atomic E-state index is -0.856. The van der Waals surface area contributed by atoms with E-state index in [1.807, 2.05) is 6.92 Å². The van der Waals surface area contributed by atoms with Crippen LogP contribution in [0.1, 0.15) is 52.4 Å². The van der Waals surface area contributed by atoms with Crippen molar-refractivity contribution in [3.05, 3.63) is 0 Å². The Kier molecular flexibility index (Phi) is 5.72. The third kappa shape index (κ3) is 3.66. The van der Waals surface area contributed by atoms with Gasteiger partial charge in [-0.25, -0.2) is 4.79 Å². The Balaban J connectivity index is 1.64. The summed E-state index contributed by atoms with van der Waals surface area (Å²) in [7, 11) is 0. The lowest BCUT2D eigenvalue weighted by Gasteiger charge is -2.37. The summed E-state index contributed by atoms with van der Waals surface area (Å²) in [5, 5.41) is 2.86. The van der Waals surface area contributed by atoms with Crippen LogP contribution in [0.5, 0.6) is 0 Å². The number of nitrogens with one attached hydrogen (secondary N) is 1. The van der Waals surface area contributed by atoms with E-state index in [4.69, 9.17) is 4.74 Å². The summed E-state index contributed by atoms with van der Waals surface area (Å²) in [5.41, 5.74) is -0.856. The number of rotatable bonds is 4. The summed E-state index contributed by atoms with van der Waals surface area (Å²) in [4.78, 5) is 52.7. The van der Waals surface area contributed by atoms with Gasteiger partial charge in [0, 0.05) is 13.1 Å². The van der Waals surface area contributed by atoms with Crippen molar-refractivity contribution in [3.63, 3.8) is 0 Å². The number of carbonyl (C=O) groups excluding carboxylic acids is 4. The summed E-state index contributed by atoms with van der Waals surface area (Å²) in [6.07, 6.45) is 4.85. The van der Waals surface area contributed by atoms with Crippen molar-refractivity contribution < 1.29 is 23.9 Å². The molecule has 8 nitrogen and oxygen atoms in total. The average Bonchev–Trinajstić information content (AvgIpc) is 2.89. The molecule has 0 aromatic heterocycles. The maximum atomic E-state index is 13.0. The van der Waals surface area contributed by atoms with Crippen molar-refractivity contribution in [2.75, 3.05) is 26.2 Å². The molecule has 1 N–H and O–H groups in total. The van der Waals surface area contributed by atoms with Crippen LogP contribution in [0.15, 0.2) is 0 Å². The van der Waals surface area contributed by atoms with E-state index in [2.05, 4.69) is 5.32 Å². The van der Waals surface area contributed by atoms with Crippen LogP contribution >= 0.6 is 0 Å². The van der Waals surface area contributed by atoms with E-state index in [0.717, 1.165) is 24.2 Å². The van der Waals surface area contributed by atoms with Gasteiger partial charge in [-0.2, -0.15) is 0 Å². The lowest BCUT2D eigenvalue weighted by atomic mass is 9.73. The number of likely N-dealkylation sites (tertiary alicyclic amines) is 1. The zero-order chi connectivity index (χ0) is 19.6. The number of imide groups is 1. The fourth-order valence-corrected chi connectivity index (χ4v) is 4.53. The number of ether oxygens (including phenoxy) is 1. The second-order valence-electron chi connectivity index (χ2n) is 7.87. The molecular formula is C19H29N3O5. The summed E-state index contributed by atoms with van der Waals surface area (Å²) < 4.78 is 5.06. The largest absolute Gasteiger partial charge is 0.466 e. The van der Waals surface area contributed by atoms with Crippen LogP contribution in [0, 0.1) is 11.8 Å². The van der Waals surface area contributed by atoms with Crippen LogP contribution in [0.25, 0.3) is 0 Å². The highest BCUT2D eigenvalue weighted by atomic mass is 16.5. The molecule has 3 aliphatic rings. The number of hydrogen-bond acceptors (Lipinski definition) is 5. The molecule has 2 aliphatic heterocycles. The van der Waals surface area contributed by atoms with Crippen LogP contribution in [-0.2, 0) is 19.1 Å². The van der Waals surface area contributed by atoms with Gasteiger partial charge in [-0.15, -0.1) is 0 Å². The zero-order valence-corrected chi connectivity index (χ0v) is 16.2. The number of esters is 1. The fourth-order valence-electron chi connectivity index (χ4n) is 4.53. The lowest BCUT2D eigenvalue weighted by molar-refractivity contribution is -0.152.